The number of methoxy groups -OCH3 is 1. The summed E-state index contributed by atoms with van der Waals surface area (Å²) in [7, 11) is 1.36. The van der Waals surface area contributed by atoms with Crippen LogP contribution in [0.25, 0.3) is 0 Å². The van der Waals surface area contributed by atoms with Gasteiger partial charge in [0.25, 0.3) is 5.69 Å². The van der Waals surface area contributed by atoms with Gasteiger partial charge >= 0.3 is 0 Å². The average Bonchev–Trinajstić information content (AvgIpc) is 3.05. The number of rotatable bonds is 5. The zero-order chi connectivity index (χ0) is 20.4. The fourth-order valence-corrected chi connectivity index (χ4v) is 3.28. The van der Waals surface area contributed by atoms with Gasteiger partial charge in [-0.05, 0) is 24.3 Å². The number of carbonyl (C=O) groups is 2. The van der Waals surface area contributed by atoms with Crippen molar-refractivity contribution in [3.8, 4) is 5.75 Å². The Morgan fingerprint density at radius 2 is 2.04 bits per heavy atom. The quantitative estimate of drug-likeness (QED) is 0.580. The molecule has 0 saturated carbocycles. The van der Waals surface area contributed by atoms with Crippen LogP contribution >= 0.6 is 23.2 Å². The average molecular weight is 424 g/mol. The van der Waals surface area contributed by atoms with Crippen LogP contribution in [0.4, 0.5) is 17.1 Å². The fraction of sp³-hybridized carbons (Fsp3) is 0.222. The second kappa shape index (κ2) is 8.04. The van der Waals surface area contributed by atoms with Gasteiger partial charge in [-0.1, -0.05) is 23.2 Å². The molecule has 0 spiro atoms. The van der Waals surface area contributed by atoms with Crippen LogP contribution in [0, 0.1) is 16.0 Å². The lowest BCUT2D eigenvalue weighted by Gasteiger charge is -2.19. The summed E-state index contributed by atoms with van der Waals surface area (Å²) in [6.07, 6.45) is -0.00976. The first-order chi connectivity index (χ1) is 13.3. The molecule has 28 heavy (non-hydrogen) atoms. The first-order valence-electron chi connectivity index (χ1n) is 8.19. The minimum atomic E-state index is -0.623. The molecule has 0 bridgehead atoms. The number of hydrogen-bond acceptors (Lipinski definition) is 5. The van der Waals surface area contributed by atoms with E-state index < -0.39 is 10.8 Å². The van der Waals surface area contributed by atoms with Crippen molar-refractivity contribution in [3.05, 3.63) is 56.6 Å². The molecular formula is C18H15Cl2N3O5. The second-order valence-corrected chi connectivity index (χ2v) is 6.98. The van der Waals surface area contributed by atoms with E-state index in [0.29, 0.717) is 21.4 Å². The SMILES string of the molecule is COc1cc([N+](=O)[O-])ccc1N1C[C@@H](C(=O)Nc2cc(Cl)ccc2Cl)CC1=O. The van der Waals surface area contributed by atoms with E-state index in [4.69, 9.17) is 27.9 Å². The third kappa shape index (κ3) is 4.02. The standard InChI is InChI=1S/C18H15Cl2N3O5/c1-28-16-8-12(23(26)27)3-5-15(16)22-9-10(6-17(22)24)18(25)21-14-7-11(19)2-4-13(14)20/h2-5,7-8,10H,6,9H2,1H3,(H,21,25)/t10-/m0/s1. The Bertz CT molecular complexity index is 966. The molecule has 0 radical (unpaired) electrons. The molecule has 1 atom stereocenters. The molecule has 146 valence electrons. The smallest absolute Gasteiger partial charge is 0.273 e. The molecule has 10 heteroatoms. The van der Waals surface area contributed by atoms with Crippen molar-refractivity contribution >= 4 is 52.1 Å². The zero-order valence-electron chi connectivity index (χ0n) is 14.6. The number of nitrogens with zero attached hydrogens (tertiary/aromatic N) is 2. The van der Waals surface area contributed by atoms with Gasteiger partial charge in [-0.25, -0.2) is 0 Å². The first kappa shape index (κ1) is 19.9. The van der Waals surface area contributed by atoms with Gasteiger partial charge in [-0.2, -0.15) is 0 Å². The summed E-state index contributed by atoms with van der Waals surface area (Å²) in [5.74, 6) is -1.10. The predicted octanol–water partition coefficient (Wildman–Crippen LogP) is 3.90. The van der Waals surface area contributed by atoms with Gasteiger partial charge in [-0.3, -0.25) is 19.7 Å². The van der Waals surface area contributed by atoms with Gasteiger partial charge < -0.3 is 15.0 Å². The number of nitro benzene ring substituents is 1. The van der Waals surface area contributed by atoms with Crippen molar-refractivity contribution in [1.29, 1.82) is 0 Å². The Kier molecular flexibility index (Phi) is 5.71. The van der Waals surface area contributed by atoms with E-state index in [1.54, 1.807) is 12.1 Å². The lowest BCUT2D eigenvalue weighted by atomic mass is 10.1. The van der Waals surface area contributed by atoms with Crippen LogP contribution in [-0.4, -0.2) is 30.4 Å². The first-order valence-corrected chi connectivity index (χ1v) is 8.94. The van der Waals surface area contributed by atoms with Crippen molar-refractivity contribution in [2.45, 2.75) is 6.42 Å². The molecular weight excluding hydrogens is 409 g/mol. The third-order valence-corrected chi connectivity index (χ3v) is 4.91. The van der Waals surface area contributed by atoms with Crippen molar-refractivity contribution < 1.29 is 19.2 Å². The Labute approximate surface area is 170 Å². The number of ether oxygens (including phenoxy) is 1. The van der Waals surface area contributed by atoms with Crippen molar-refractivity contribution in [3.63, 3.8) is 0 Å². The van der Waals surface area contributed by atoms with E-state index in [-0.39, 0.29) is 36.2 Å². The summed E-state index contributed by atoms with van der Waals surface area (Å²) in [5.41, 5.74) is 0.573. The molecule has 3 rings (SSSR count). The maximum absolute atomic E-state index is 12.6. The van der Waals surface area contributed by atoms with Gasteiger partial charge in [0.15, 0.2) is 0 Å². The monoisotopic (exact) mass is 423 g/mol. The normalized spacial score (nSPS) is 16.2. The minimum Gasteiger partial charge on any atom is -0.494 e. The minimum absolute atomic E-state index is 0.00976. The Balaban J connectivity index is 1.79. The summed E-state index contributed by atoms with van der Waals surface area (Å²) in [6, 6.07) is 8.64. The van der Waals surface area contributed by atoms with E-state index in [2.05, 4.69) is 5.32 Å². The molecule has 0 aromatic heterocycles. The summed E-state index contributed by atoms with van der Waals surface area (Å²) < 4.78 is 5.19. The highest BCUT2D eigenvalue weighted by Gasteiger charge is 2.36. The van der Waals surface area contributed by atoms with Crippen molar-refractivity contribution in [1.82, 2.24) is 0 Å². The molecule has 1 heterocycles. The molecule has 1 fully saturated rings. The molecule has 2 aromatic carbocycles. The Hall–Kier alpha value is -2.84. The predicted molar refractivity (Wildman–Crippen MR) is 105 cm³/mol. The number of nitrogens with one attached hydrogen (secondary N) is 1. The van der Waals surface area contributed by atoms with Gasteiger partial charge in [0, 0.05) is 24.1 Å². The summed E-state index contributed by atoms with van der Waals surface area (Å²) in [5, 5.41) is 14.4. The van der Waals surface area contributed by atoms with Crippen LogP contribution < -0.4 is 15.0 Å². The second-order valence-electron chi connectivity index (χ2n) is 6.13. The Morgan fingerprint density at radius 3 is 2.71 bits per heavy atom. The van der Waals surface area contributed by atoms with E-state index in [9.17, 15) is 19.7 Å². The highest BCUT2D eigenvalue weighted by molar-refractivity contribution is 6.35. The van der Waals surface area contributed by atoms with Crippen molar-refractivity contribution in [2.75, 3.05) is 23.9 Å². The van der Waals surface area contributed by atoms with Crippen LogP contribution in [0.1, 0.15) is 6.42 Å². The van der Waals surface area contributed by atoms with Crippen LogP contribution in [-0.2, 0) is 9.59 Å². The van der Waals surface area contributed by atoms with E-state index in [1.807, 2.05) is 0 Å². The molecule has 1 N–H and O–H groups in total. The molecule has 0 unspecified atom stereocenters. The number of amides is 2. The van der Waals surface area contributed by atoms with Gasteiger partial charge in [0.05, 0.1) is 40.4 Å². The molecule has 1 saturated heterocycles. The lowest BCUT2D eigenvalue weighted by molar-refractivity contribution is -0.384. The van der Waals surface area contributed by atoms with E-state index in [0.717, 1.165) is 0 Å². The van der Waals surface area contributed by atoms with Gasteiger partial charge in [0.2, 0.25) is 11.8 Å². The number of non-ortho nitro benzene ring substituents is 1. The molecule has 2 amide bonds. The van der Waals surface area contributed by atoms with Gasteiger partial charge in [0.1, 0.15) is 5.75 Å². The number of halogens is 2. The molecule has 1 aliphatic heterocycles. The topological polar surface area (TPSA) is 102 Å². The molecule has 8 nitrogen and oxygen atoms in total. The number of anilines is 2. The number of hydrogen-bond donors (Lipinski definition) is 1. The summed E-state index contributed by atoms with van der Waals surface area (Å²) in [4.78, 5) is 36.8. The van der Waals surface area contributed by atoms with E-state index >= 15 is 0 Å². The van der Waals surface area contributed by atoms with Crippen LogP contribution in [0.15, 0.2) is 36.4 Å². The molecule has 2 aromatic rings. The van der Waals surface area contributed by atoms with Crippen LogP contribution in [0.2, 0.25) is 10.0 Å². The maximum atomic E-state index is 12.6. The van der Waals surface area contributed by atoms with Crippen molar-refractivity contribution in [2.24, 2.45) is 5.92 Å². The highest BCUT2D eigenvalue weighted by atomic mass is 35.5. The summed E-state index contributed by atoms with van der Waals surface area (Å²) >= 11 is 12.0. The zero-order valence-corrected chi connectivity index (χ0v) is 16.2. The van der Waals surface area contributed by atoms with Crippen LogP contribution in [0.5, 0.6) is 5.75 Å². The number of nitro groups is 1. The maximum Gasteiger partial charge on any atom is 0.273 e. The van der Waals surface area contributed by atoms with Gasteiger partial charge in [-0.15, -0.1) is 0 Å². The summed E-state index contributed by atoms with van der Waals surface area (Å²) in [6.45, 7) is 0.108. The third-order valence-electron chi connectivity index (χ3n) is 4.35. The largest absolute Gasteiger partial charge is 0.494 e. The number of benzene rings is 2. The molecule has 0 aliphatic carbocycles. The molecule has 1 aliphatic rings. The Morgan fingerprint density at radius 1 is 1.29 bits per heavy atom. The fourth-order valence-electron chi connectivity index (χ4n) is 2.95. The number of carbonyl (C=O) groups excluding carboxylic acids is 2. The van der Waals surface area contributed by atoms with Crippen LogP contribution in [0.3, 0.4) is 0 Å². The lowest BCUT2D eigenvalue weighted by Crippen LogP contribution is -2.28. The highest BCUT2D eigenvalue weighted by Crippen LogP contribution is 2.36. The van der Waals surface area contributed by atoms with E-state index in [1.165, 1.54) is 36.3 Å².